The average molecular weight is 264 g/mol. The Morgan fingerprint density at radius 2 is 2.16 bits per heavy atom. The van der Waals surface area contributed by atoms with Crippen molar-refractivity contribution in [2.24, 2.45) is 5.92 Å². The third kappa shape index (κ3) is 4.31. The van der Waals surface area contributed by atoms with E-state index in [0.29, 0.717) is 18.9 Å². The number of rotatable bonds is 4. The van der Waals surface area contributed by atoms with Crippen molar-refractivity contribution in [1.29, 1.82) is 0 Å². The Kier molecular flexibility index (Phi) is 4.91. The first kappa shape index (κ1) is 14.0. The molecule has 1 N–H and O–H groups in total. The molecule has 1 saturated heterocycles. The molecule has 0 spiro atoms. The Morgan fingerprint density at radius 3 is 2.79 bits per heavy atom. The third-order valence-electron chi connectivity index (χ3n) is 3.62. The van der Waals surface area contributed by atoms with E-state index in [1.54, 1.807) is 17.0 Å². The van der Waals surface area contributed by atoms with Crippen LogP contribution >= 0.6 is 0 Å². The number of hydrogen-bond acceptors (Lipinski definition) is 2. The van der Waals surface area contributed by atoms with Crippen molar-refractivity contribution < 1.29 is 9.18 Å². The number of hydrogen-bond donors (Lipinski definition) is 1. The molecule has 1 aromatic carbocycles. The van der Waals surface area contributed by atoms with Gasteiger partial charge < -0.3 is 10.2 Å². The van der Waals surface area contributed by atoms with E-state index in [2.05, 4.69) is 5.32 Å². The zero-order chi connectivity index (χ0) is 13.7. The molecule has 0 aliphatic carbocycles. The molecule has 2 rings (SSSR count). The topological polar surface area (TPSA) is 32.3 Å². The number of piperidine rings is 1. The Hall–Kier alpha value is -1.42. The molecule has 1 atom stereocenters. The molecule has 0 aromatic heterocycles. The van der Waals surface area contributed by atoms with E-state index >= 15 is 0 Å². The van der Waals surface area contributed by atoms with Crippen molar-refractivity contribution in [3.8, 4) is 0 Å². The van der Waals surface area contributed by atoms with Crippen LogP contribution in [0.4, 0.5) is 4.39 Å². The summed E-state index contributed by atoms with van der Waals surface area (Å²) in [6.45, 7) is 2.55. The fourth-order valence-electron chi connectivity index (χ4n) is 2.45. The molecule has 1 unspecified atom stereocenters. The van der Waals surface area contributed by atoms with Crippen LogP contribution in [0.3, 0.4) is 0 Å². The van der Waals surface area contributed by atoms with Crippen molar-refractivity contribution in [3.63, 3.8) is 0 Å². The molecular formula is C15H21FN2O. The number of nitrogens with zero attached hydrogens (tertiary/aromatic N) is 1. The van der Waals surface area contributed by atoms with Crippen molar-refractivity contribution in [2.45, 2.75) is 25.8 Å². The first-order chi connectivity index (χ1) is 9.15. The monoisotopic (exact) mass is 264 g/mol. The van der Waals surface area contributed by atoms with Crippen LogP contribution in [0.25, 0.3) is 0 Å². The Bertz CT molecular complexity index is 413. The summed E-state index contributed by atoms with van der Waals surface area (Å²) >= 11 is 0. The lowest BCUT2D eigenvalue weighted by atomic mass is 9.95. The molecule has 3 nitrogen and oxygen atoms in total. The summed E-state index contributed by atoms with van der Waals surface area (Å²) in [5.41, 5.74) is 0.957. The van der Waals surface area contributed by atoms with Gasteiger partial charge in [0, 0.05) is 20.0 Å². The van der Waals surface area contributed by atoms with Crippen molar-refractivity contribution in [3.05, 3.63) is 35.6 Å². The minimum absolute atomic E-state index is 0.165. The number of halogens is 1. The molecule has 1 aromatic rings. The van der Waals surface area contributed by atoms with E-state index in [1.165, 1.54) is 12.1 Å². The van der Waals surface area contributed by atoms with Gasteiger partial charge in [0.15, 0.2) is 0 Å². The van der Waals surface area contributed by atoms with Gasteiger partial charge in [-0.2, -0.15) is 0 Å². The lowest BCUT2D eigenvalue weighted by molar-refractivity contribution is -0.131. The molecular weight excluding hydrogens is 243 g/mol. The van der Waals surface area contributed by atoms with Gasteiger partial charge in [0.25, 0.3) is 0 Å². The maximum atomic E-state index is 12.8. The molecule has 0 radical (unpaired) electrons. The van der Waals surface area contributed by atoms with E-state index in [-0.39, 0.29) is 11.7 Å². The van der Waals surface area contributed by atoms with Gasteiger partial charge in [0.05, 0.1) is 0 Å². The van der Waals surface area contributed by atoms with Gasteiger partial charge >= 0.3 is 0 Å². The zero-order valence-corrected chi connectivity index (χ0v) is 11.4. The molecule has 104 valence electrons. The SMILES string of the molecule is CN(Cc1ccc(F)cc1)C(=O)CC1CCCNC1. The summed E-state index contributed by atoms with van der Waals surface area (Å²) in [6, 6.07) is 6.31. The number of nitrogens with one attached hydrogen (secondary N) is 1. The van der Waals surface area contributed by atoms with E-state index in [9.17, 15) is 9.18 Å². The Labute approximate surface area is 113 Å². The largest absolute Gasteiger partial charge is 0.341 e. The first-order valence-corrected chi connectivity index (χ1v) is 6.84. The molecule has 1 aliphatic heterocycles. The van der Waals surface area contributed by atoms with E-state index in [4.69, 9.17) is 0 Å². The maximum absolute atomic E-state index is 12.8. The predicted molar refractivity (Wildman–Crippen MR) is 73.1 cm³/mol. The summed E-state index contributed by atoms with van der Waals surface area (Å²) in [5, 5.41) is 3.32. The van der Waals surface area contributed by atoms with Crippen LogP contribution in [0, 0.1) is 11.7 Å². The minimum atomic E-state index is -0.244. The summed E-state index contributed by atoms with van der Waals surface area (Å²) in [5.74, 6) is 0.376. The predicted octanol–water partition coefficient (Wildman–Crippen LogP) is 2.17. The quantitative estimate of drug-likeness (QED) is 0.904. The molecule has 1 heterocycles. The summed E-state index contributed by atoms with van der Waals surface area (Å²) < 4.78 is 12.8. The smallest absolute Gasteiger partial charge is 0.222 e. The van der Waals surface area contributed by atoms with Gasteiger partial charge in [-0.05, 0) is 49.5 Å². The van der Waals surface area contributed by atoms with Crippen LogP contribution in [0.1, 0.15) is 24.8 Å². The highest BCUT2D eigenvalue weighted by atomic mass is 19.1. The lowest BCUT2D eigenvalue weighted by Gasteiger charge is -2.25. The summed E-state index contributed by atoms with van der Waals surface area (Å²) in [7, 11) is 1.81. The first-order valence-electron chi connectivity index (χ1n) is 6.84. The summed E-state index contributed by atoms with van der Waals surface area (Å²) in [4.78, 5) is 13.8. The van der Waals surface area contributed by atoms with Crippen molar-refractivity contribution in [1.82, 2.24) is 10.2 Å². The van der Waals surface area contributed by atoms with Gasteiger partial charge in [-0.3, -0.25) is 4.79 Å². The molecule has 4 heteroatoms. The molecule has 0 bridgehead atoms. The Morgan fingerprint density at radius 1 is 1.42 bits per heavy atom. The van der Waals surface area contributed by atoms with E-state index in [0.717, 1.165) is 31.5 Å². The standard InChI is InChI=1S/C15H21FN2O/c1-18(11-12-4-6-14(16)7-5-12)15(19)9-13-3-2-8-17-10-13/h4-7,13,17H,2-3,8-11H2,1H3. The van der Waals surface area contributed by atoms with Gasteiger partial charge in [0.1, 0.15) is 5.82 Å². The number of amides is 1. The van der Waals surface area contributed by atoms with Crippen LogP contribution < -0.4 is 5.32 Å². The average Bonchev–Trinajstić information content (AvgIpc) is 2.42. The highest BCUT2D eigenvalue weighted by molar-refractivity contribution is 5.76. The van der Waals surface area contributed by atoms with Gasteiger partial charge in [0.2, 0.25) is 5.91 Å². The Balaban J connectivity index is 1.83. The molecule has 1 fully saturated rings. The fourth-order valence-corrected chi connectivity index (χ4v) is 2.45. The molecule has 19 heavy (non-hydrogen) atoms. The van der Waals surface area contributed by atoms with Crippen LogP contribution in [0.2, 0.25) is 0 Å². The maximum Gasteiger partial charge on any atom is 0.222 e. The number of carbonyl (C=O) groups is 1. The second kappa shape index (κ2) is 6.66. The summed E-state index contributed by atoms with van der Waals surface area (Å²) in [6.07, 6.45) is 2.88. The van der Waals surface area contributed by atoms with Crippen LogP contribution in [0.15, 0.2) is 24.3 Å². The van der Waals surface area contributed by atoms with Gasteiger partial charge in [-0.1, -0.05) is 12.1 Å². The molecule has 0 saturated carbocycles. The third-order valence-corrected chi connectivity index (χ3v) is 3.62. The van der Waals surface area contributed by atoms with Crippen LogP contribution in [-0.4, -0.2) is 30.9 Å². The normalized spacial score (nSPS) is 19.2. The minimum Gasteiger partial charge on any atom is -0.341 e. The van der Waals surface area contributed by atoms with Gasteiger partial charge in [-0.15, -0.1) is 0 Å². The highest BCUT2D eigenvalue weighted by Crippen LogP contribution is 2.16. The highest BCUT2D eigenvalue weighted by Gasteiger charge is 2.19. The number of benzene rings is 1. The van der Waals surface area contributed by atoms with Crippen molar-refractivity contribution in [2.75, 3.05) is 20.1 Å². The molecule has 1 aliphatic rings. The second-order valence-electron chi connectivity index (χ2n) is 5.29. The van der Waals surface area contributed by atoms with Gasteiger partial charge in [-0.25, -0.2) is 4.39 Å². The lowest BCUT2D eigenvalue weighted by Crippen LogP contribution is -2.34. The fraction of sp³-hybridized carbons (Fsp3) is 0.533. The number of carbonyl (C=O) groups excluding carboxylic acids is 1. The van der Waals surface area contributed by atoms with E-state index < -0.39 is 0 Å². The van der Waals surface area contributed by atoms with Crippen molar-refractivity contribution >= 4 is 5.91 Å². The van der Waals surface area contributed by atoms with E-state index in [1.807, 2.05) is 7.05 Å². The molecule has 1 amide bonds. The van der Waals surface area contributed by atoms with Crippen LogP contribution in [0.5, 0.6) is 0 Å². The van der Waals surface area contributed by atoms with Crippen LogP contribution in [-0.2, 0) is 11.3 Å². The zero-order valence-electron chi connectivity index (χ0n) is 11.4. The second-order valence-corrected chi connectivity index (χ2v) is 5.29.